The van der Waals surface area contributed by atoms with E-state index in [4.69, 9.17) is 5.11 Å². The molecule has 1 aliphatic heterocycles. The molecule has 1 unspecified atom stereocenters. The van der Waals surface area contributed by atoms with Gasteiger partial charge in [-0.05, 0) is 18.6 Å². The van der Waals surface area contributed by atoms with Crippen molar-refractivity contribution in [1.29, 1.82) is 0 Å². The fraction of sp³-hybridized carbons (Fsp3) is 0.364. The molecule has 6 nitrogen and oxygen atoms in total. The summed E-state index contributed by atoms with van der Waals surface area (Å²) in [7, 11) is 0. The summed E-state index contributed by atoms with van der Waals surface area (Å²) in [5, 5.41) is 11.8. The first kappa shape index (κ1) is 11.4. The van der Waals surface area contributed by atoms with E-state index in [9.17, 15) is 9.59 Å². The van der Waals surface area contributed by atoms with Crippen molar-refractivity contribution in [1.82, 2.24) is 4.98 Å². The van der Waals surface area contributed by atoms with Crippen LogP contribution in [0.15, 0.2) is 18.3 Å². The van der Waals surface area contributed by atoms with Gasteiger partial charge in [0.25, 0.3) is 0 Å². The number of fused-ring (bicyclic) bond motifs is 1. The second-order valence-corrected chi connectivity index (χ2v) is 3.81. The zero-order valence-corrected chi connectivity index (χ0v) is 9.38. The number of carbonyl (C=O) groups is 2. The maximum absolute atomic E-state index is 11.5. The highest BCUT2D eigenvalue weighted by Gasteiger charge is 2.31. The fourth-order valence-corrected chi connectivity index (χ4v) is 1.94. The van der Waals surface area contributed by atoms with Crippen molar-refractivity contribution in [2.24, 2.45) is 0 Å². The topological polar surface area (TPSA) is 82.5 Å². The molecule has 1 atom stereocenters. The van der Waals surface area contributed by atoms with Crippen LogP contribution in [-0.2, 0) is 9.59 Å². The summed E-state index contributed by atoms with van der Waals surface area (Å²) in [4.78, 5) is 28.2. The van der Waals surface area contributed by atoms with E-state index in [1.807, 2.05) is 0 Å². The highest BCUT2D eigenvalue weighted by molar-refractivity contribution is 6.01. The molecule has 1 amide bonds. The van der Waals surface area contributed by atoms with Crippen LogP contribution in [-0.4, -0.2) is 34.6 Å². The summed E-state index contributed by atoms with van der Waals surface area (Å²) in [6.07, 6.45) is 1.99. The van der Waals surface area contributed by atoms with Crippen molar-refractivity contribution in [3.63, 3.8) is 0 Å². The number of nitrogens with zero attached hydrogens (tertiary/aromatic N) is 2. The number of aliphatic carboxylic acids is 1. The van der Waals surface area contributed by atoms with Gasteiger partial charge in [-0.2, -0.15) is 0 Å². The third-order valence-corrected chi connectivity index (χ3v) is 2.72. The number of nitrogens with one attached hydrogen (secondary N) is 1. The van der Waals surface area contributed by atoms with Crippen molar-refractivity contribution >= 4 is 23.4 Å². The van der Waals surface area contributed by atoms with Crippen molar-refractivity contribution in [3.8, 4) is 0 Å². The number of anilines is 2. The summed E-state index contributed by atoms with van der Waals surface area (Å²) < 4.78 is 0. The van der Waals surface area contributed by atoms with E-state index in [2.05, 4.69) is 10.3 Å². The molecule has 0 aromatic carbocycles. The summed E-state index contributed by atoms with van der Waals surface area (Å²) in [6, 6.07) is 2.77. The van der Waals surface area contributed by atoms with E-state index in [1.165, 1.54) is 0 Å². The average Bonchev–Trinajstić information content (AvgIpc) is 2.29. The molecule has 2 rings (SSSR count). The predicted octanol–water partition coefficient (Wildman–Crippen LogP) is 0.703. The maximum Gasteiger partial charge on any atom is 0.326 e. The minimum atomic E-state index is -0.933. The number of carboxylic acid groups (broad SMARTS) is 1. The molecule has 0 spiro atoms. The summed E-state index contributed by atoms with van der Waals surface area (Å²) in [5.41, 5.74) is 0.654. The van der Waals surface area contributed by atoms with E-state index < -0.39 is 12.0 Å². The third-order valence-electron chi connectivity index (χ3n) is 2.72. The molecule has 0 aliphatic carbocycles. The first-order valence-corrected chi connectivity index (χ1v) is 5.37. The number of rotatable bonds is 3. The molecule has 2 heterocycles. The van der Waals surface area contributed by atoms with Crippen molar-refractivity contribution in [2.75, 3.05) is 16.8 Å². The molecule has 1 aliphatic rings. The normalized spacial score (nSPS) is 16.1. The fourth-order valence-electron chi connectivity index (χ4n) is 1.94. The maximum atomic E-state index is 11.5. The number of carboxylic acids is 1. The Labute approximate surface area is 98.3 Å². The van der Waals surface area contributed by atoms with E-state index in [1.54, 1.807) is 30.2 Å². The molecule has 17 heavy (non-hydrogen) atoms. The van der Waals surface area contributed by atoms with Crippen LogP contribution >= 0.6 is 0 Å². The van der Waals surface area contributed by atoms with E-state index in [-0.39, 0.29) is 12.5 Å². The van der Waals surface area contributed by atoms with E-state index >= 15 is 0 Å². The lowest BCUT2D eigenvalue weighted by Gasteiger charge is -2.33. The SMILES string of the molecule is CCC(C(=O)O)N1CC(=O)Nc2ncccc21. The summed E-state index contributed by atoms with van der Waals surface area (Å²) in [5.74, 6) is -0.753. The van der Waals surface area contributed by atoms with Crippen molar-refractivity contribution in [3.05, 3.63) is 18.3 Å². The zero-order chi connectivity index (χ0) is 12.4. The smallest absolute Gasteiger partial charge is 0.326 e. The van der Waals surface area contributed by atoms with Crippen molar-refractivity contribution < 1.29 is 14.7 Å². The lowest BCUT2D eigenvalue weighted by atomic mass is 10.1. The third kappa shape index (κ3) is 2.06. The second-order valence-electron chi connectivity index (χ2n) is 3.81. The van der Waals surface area contributed by atoms with Gasteiger partial charge in [0.15, 0.2) is 5.82 Å². The highest BCUT2D eigenvalue weighted by atomic mass is 16.4. The first-order valence-electron chi connectivity index (χ1n) is 5.37. The van der Waals surface area contributed by atoms with Crippen LogP contribution in [0.25, 0.3) is 0 Å². The highest BCUT2D eigenvalue weighted by Crippen LogP contribution is 2.29. The van der Waals surface area contributed by atoms with Crippen LogP contribution in [0.5, 0.6) is 0 Å². The number of pyridine rings is 1. The van der Waals surface area contributed by atoms with Crippen LogP contribution in [0.2, 0.25) is 0 Å². The molecular weight excluding hydrogens is 222 g/mol. The van der Waals surface area contributed by atoms with Crippen LogP contribution in [0.4, 0.5) is 11.5 Å². The monoisotopic (exact) mass is 235 g/mol. The van der Waals surface area contributed by atoms with E-state index in [0.717, 1.165) is 0 Å². The number of amides is 1. The molecule has 2 N–H and O–H groups in total. The Morgan fingerprint density at radius 1 is 1.71 bits per heavy atom. The Hall–Kier alpha value is -2.11. The lowest BCUT2D eigenvalue weighted by Crippen LogP contribution is -2.48. The van der Waals surface area contributed by atoms with Crippen LogP contribution in [0, 0.1) is 0 Å². The quantitative estimate of drug-likeness (QED) is 0.806. The lowest BCUT2D eigenvalue weighted by molar-refractivity contribution is -0.138. The average molecular weight is 235 g/mol. The standard InChI is InChI=1S/C11H13N3O3/c1-2-7(11(16)17)14-6-9(15)13-10-8(14)4-3-5-12-10/h3-5,7H,2,6H2,1H3,(H,16,17)(H,12,13,15). The molecule has 90 valence electrons. The number of hydrogen-bond donors (Lipinski definition) is 2. The predicted molar refractivity (Wildman–Crippen MR) is 61.9 cm³/mol. The Balaban J connectivity index is 2.41. The van der Waals surface area contributed by atoms with Crippen LogP contribution in [0.1, 0.15) is 13.3 Å². The molecule has 0 saturated heterocycles. The molecule has 0 radical (unpaired) electrons. The molecule has 0 saturated carbocycles. The van der Waals surface area contributed by atoms with Gasteiger partial charge in [0.1, 0.15) is 6.04 Å². The Bertz CT molecular complexity index is 461. The molecule has 0 bridgehead atoms. The summed E-state index contributed by atoms with van der Waals surface area (Å²) >= 11 is 0. The largest absolute Gasteiger partial charge is 0.480 e. The van der Waals surface area contributed by atoms with Gasteiger partial charge in [0.05, 0.1) is 12.2 Å². The minimum absolute atomic E-state index is 0.0451. The number of hydrogen-bond acceptors (Lipinski definition) is 4. The molecule has 0 fully saturated rings. The van der Waals surface area contributed by atoms with Gasteiger partial charge in [-0.3, -0.25) is 4.79 Å². The first-order chi connectivity index (χ1) is 8.13. The second kappa shape index (κ2) is 4.40. The Kier molecular flexibility index (Phi) is 2.95. The van der Waals surface area contributed by atoms with Gasteiger partial charge in [-0.25, -0.2) is 9.78 Å². The zero-order valence-electron chi connectivity index (χ0n) is 9.38. The van der Waals surface area contributed by atoms with Gasteiger partial charge < -0.3 is 15.3 Å². The minimum Gasteiger partial charge on any atom is -0.480 e. The molecular formula is C11H13N3O3. The van der Waals surface area contributed by atoms with Gasteiger partial charge >= 0.3 is 5.97 Å². The van der Waals surface area contributed by atoms with Gasteiger partial charge in [0, 0.05) is 6.20 Å². The number of carbonyl (C=O) groups excluding carboxylic acids is 1. The summed E-state index contributed by atoms with van der Waals surface area (Å²) in [6.45, 7) is 1.82. The Morgan fingerprint density at radius 2 is 2.47 bits per heavy atom. The van der Waals surface area contributed by atoms with Crippen molar-refractivity contribution in [2.45, 2.75) is 19.4 Å². The van der Waals surface area contributed by atoms with Gasteiger partial charge in [0.2, 0.25) is 5.91 Å². The van der Waals surface area contributed by atoms with Crippen LogP contribution < -0.4 is 10.2 Å². The molecule has 1 aromatic rings. The van der Waals surface area contributed by atoms with Gasteiger partial charge in [-0.15, -0.1) is 0 Å². The van der Waals surface area contributed by atoms with E-state index in [0.29, 0.717) is 17.9 Å². The van der Waals surface area contributed by atoms with Gasteiger partial charge in [-0.1, -0.05) is 6.92 Å². The Morgan fingerprint density at radius 3 is 3.12 bits per heavy atom. The van der Waals surface area contributed by atoms with Crippen LogP contribution in [0.3, 0.4) is 0 Å². The molecule has 1 aromatic heterocycles. The molecule has 6 heteroatoms. The number of aromatic nitrogens is 1.